The Balaban J connectivity index is 2.34. The van der Waals surface area contributed by atoms with Crippen molar-refractivity contribution in [3.05, 3.63) is 69.3 Å². The van der Waals surface area contributed by atoms with Crippen LogP contribution < -0.4 is 16.0 Å². The lowest BCUT2D eigenvalue weighted by molar-refractivity contribution is 0.0991. The van der Waals surface area contributed by atoms with Crippen LogP contribution in [0.2, 0.25) is 5.02 Å². The summed E-state index contributed by atoms with van der Waals surface area (Å²) in [5, 5.41) is 12.2. The molecule has 0 aliphatic rings. The highest BCUT2D eigenvalue weighted by Gasteiger charge is 2.16. The van der Waals surface area contributed by atoms with E-state index in [2.05, 4.69) is 5.10 Å². The molecule has 0 saturated carbocycles. The number of primary amides is 1. The second-order valence-electron chi connectivity index (χ2n) is 5.39. The maximum absolute atomic E-state index is 13.5. The first-order valence-corrected chi connectivity index (χ1v) is 8.32. The molecule has 3 N–H and O–H groups in total. The van der Waals surface area contributed by atoms with Crippen LogP contribution in [0.15, 0.2) is 42.5 Å². The third kappa shape index (κ3) is 3.46. The third-order valence-corrected chi connectivity index (χ3v) is 4.38. The molecule has 2 aromatic carbocycles. The van der Waals surface area contributed by atoms with Crippen molar-refractivity contribution in [3.63, 3.8) is 0 Å². The lowest BCUT2D eigenvalue weighted by Gasteiger charge is -2.15. The molecule has 3 rings (SSSR count). The number of hydrogen-bond acceptors (Lipinski definition) is 5. The zero-order chi connectivity index (χ0) is 19.7. The number of carbonyl (C=O) groups is 1. The molecule has 0 aliphatic heterocycles. The van der Waals surface area contributed by atoms with Crippen LogP contribution in [0.5, 0.6) is 5.75 Å². The fraction of sp³-hybridized carbons (Fsp3) is 0.0588. The van der Waals surface area contributed by atoms with Crippen LogP contribution >= 0.6 is 23.8 Å². The molecule has 1 aromatic heterocycles. The molecule has 0 saturated heterocycles. The van der Waals surface area contributed by atoms with Crippen LogP contribution in [-0.4, -0.2) is 27.4 Å². The third-order valence-electron chi connectivity index (χ3n) is 3.73. The lowest BCUT2D eigenvalue weighted by atomic mass is 10.3. The van der Waals surface area contributed by atoms with E-state index in [0.29, 0.717) is 17.1 Å². The molecular weight excluding hydrogens is 393 g/mol. The molecule has 27 heavy (non-hydrogen) atoms. The summed E-state index contributed by atoms with van der Waals surface area (Å²) in [5.74, 6) is -0.902. The van der Waals surface area contributed by atoms with Crippen LogP contribution in [-0.2, 0) is 0 Å². The van der Waals surface area contributed by atoms with Gasteiger partial charge in [-0.3, -0.25) is 14.8 Å². The first kappa shape index (κ1) is 18.7. The number of nitrogens with one attached hydrogen (secondary N) is 1. The van der Waals surface area contributed by atoms with Gasteiger partial charge in [0.1, 0.15) is 11.6 Å². The Bertz CT molecular complexity index is 1160. The Morgan fingerprint density at radius 1 is 1.26 bits per heavy atom. The van der Waals surface area contributed by atoms with Crippen molar-refractivity contribution in [1.29, 1.82) is 5.41 Å². The first-order chi connectivity index (χ1) is 12.8. The summed E-state index contributed by atoms with van der Waals surface area (Å²) in [7, 11) is 1.53. The molecule has 3 aromatic rings. The number of nitrogens with two attached hydrogens (primary N) is 1. The molecule has 0 unspecified atom stereocenters. The van der Waals surface area contributed by atoms with Gasteiger partial charge in [-0.05, 0) is 54.7 Å². The van der Waals surface area contributed by atoms with Gasteiger partial charge in [-0.2, -0.15) is 5.10 Å². The molecule has 138 valence electrons. The van der Waals surface area contributed by atoms with Crippen molar-refractivity contribution in [2.45, 2.75) is 0 Å². The molecule has 0 fully saturated rings. The second kappa shape index (κ2) is 7.29. The number of hydrogen-bond donors (Lipinski definition) is 2. The summed E-state index contributed by atoms with van der Waals surface area (Å²) in [5.41, 5.74) is 5.60. The zero-order valence-corrected chi connectivity index (χ0v) is 15.5. The summed E-state index contributed by atoms with van der Waals surface area (Å²) < 4.78 is 21.2. The SMILES string of the molecule is COc1ccc(-n2c(=N)c(C(N)=O)nn(-c3ccc(F)c(Cl)c3)c2=S)cc1. The van der Waals surface area contributed by atoms with Gasteiger partial charge in [-0.1, -0.05) is 11.6 Å². The maximum atomic E-state index is 13.5. The average Bonchev–Trinajstić information content (AvgIpc) is 2.64. The Hall–Kier alpha value is -3.04. The summed E-state index contributed by atoms with van der Waals surface area (Å²) >= 11 is 11.3. The van der Waals surface area contributed by atoms with E-state index in [4.69, 9.17) is 39.7 Å². The largest absolute Gasteiger partial charge is 0.497 e. The molecule has 1 heterocycles. The quantitative estimate of drug-likeness (QED) is 0.652. The summed E-state index contributed by atoms with van der Waals surface area (Å²) in [6, 6.07) is 10.6. The van der Waals surface area contributed by atoms with Crippen molar-refractivity contribution >= 4 is 29.7 Å². The van der Waals surface area contributed by atoms with Crippen LogP contribution in [0.1, 0.15) is 10.5 Å². The minimum atomic E-state index is -0.903. The highest BCUT2D eigenvalue weighted by Crippen LogP contribution is 2.20. The van der Waals surface area contributed by atoms with E-state index >= 15 is 0 Å². The molecule has 0 atom stereocenters. The Labute approximate surface area is 162 Å². The number of amides is 1. The highest BCUT2D eigenvalue weighted by atomic mass is 35.5. The monoisotopic (exact) mass is 405 g/mol. The van der Waals surface area contributed by atoms with E-state index in [1.807, 2.05) is 0 Å². The number of aromatic nitrogens is 3. The van der Waals surface area contributed by atoms with Gasteiger partial charge >= 0.3 is 0 Å². The number of halogens is 2. The van der Waals surface area contributed by atoms with Gasteiger partial charge in [0.15, 0.2) is 11.2 Å². The Kier molecular flexibility index (Phi) is 5.06. The first-order valence-electron chi connectivity index (χ1n) is 7.54. The average molecular weight is 406 g/mol. The van der Waals surface area contributed by atoms with E-state index in [1.54, 1.807) is 24.3 Å². The molecule has 0 aliphatic carbocycles. The fourth-order valence-corrected chi connectivity index (χ4v) is 2.93. The van der Waals surface area contributed by atoms with Crippen LogP contribution in [0, 0.1) is 16.0 Å². The smallest absolute Gasteiger partial charge is 0.273 e. The molecule has 7 nitrogen and oxygen atoms in total. The van der Waals surface area contributed by atoms with E-state index < -0.39 is 11.7 Å². The zero-order valence-electron chi connectivity index (χ0n) is 13.9. The molecule has 0 spiro atoms. The van der Waals surface area contributed by atoms with Crippen LogP contribution in [0.4, 0.5) is 4.39 Å². The Morgan fingerprint density at radius 3 is 2.44 bits per heavy atom. The van der Waals surface area contributed by atoms with Gasteiger partial charge in [-0.25, -0.2) is 9.07 Å². The van der Waals surface area contributed by atoms with Gasteiger partial charge in [0.05, 0.1) is 23.5 Å². The van der Waals surface area contributed by atoms with Crippen LogP contribution in [0.3, 0.4) is 0 Å². The van der Waals surface area contributed by atoms with Gasteiger partial charge in [0, 0.05) is 0 Å². The van der Waals surface area contributed by atoms with E-state index in [0.717, 1.165) is 6.07 Å². The summed E-state index contributed by atoms with van der Waals surface area (Å²) in [6.45, 7) is 0. The van der Waals surface area contributed by atoms with Crippen molar-refractivity contribution in [2.75, 3.05) is 7.11 Å². The molecular formula is C17H13ClFN5O2S. The maximum Gasteiger partial charge on any atom is 0.273 e. The van der Waals surface area contributed by atoms with E-state index in [-0.39, 0.29) is 21.0 Å². The molecule has 0 bridgehead atoms. The number of nitrogens with zero attached hydrogens (tertiary/aromatic N) is 3. The van der Waals surface area contributed by atoms with Gasteiger partial charge in [-0.15, -0.1) is 0 Å². The number of rotatable bonds is 4. The topological polar surface area (TPSA) is 98.9 Å². The fourth-order valence-electron chi connectivity index (χ4n) is 2.41. The number of ether oxygens (including phenoxy) is 1. The van der Waals surface area contributed by atoms with Crippen molar-refractivity contribution in [2.24, 2.45) is 5.73 Å². The Morgan fingerprint density at radius 2 is 1.89 bits per heavy atom. The minimum Gasteiger partial charge on any atom is -0.497 e. The predicted octanol–water partition coefficient (Wildman–Crippen LogP) is 2.77. The van der Waals surface area contributed by atoms with E-state index in [1.165, 1.54) is 28.5 Å². The number of benzene rings is 2. The molecule has 10 heteroatoms. The van der Waals surface area contributed by atoms with Crippen molar-refractivity contribution in [3.8, 4) is 17.1 Å². The summed E-state index contributed by atoms with van der Waals surface area (Å²) in [4.78, 5) is 11.8. The standard InChI is InChI=1S/C17H13ClFN5O2S/c1-26-11-5-2-9(3-6-11)23-15(20)14(16(21)25)22-24(17(23)27)10-4-7-13(19)12(18)8-10/h2-8,20H,1H3,(H2,21,25). The van der Waals surface area contributed by atoms with Crippen molar-refractivity contribution < 1.29 is 13.9 Å². The van der Waals surface area contributed by atoms with Gasteiger partial charge in [0.2, 0.25) is 4.77 Å². The van der Waals surface area contributed by atoms with Crippen LogP contribution in [0.25, 0.3) is 11.4 Å². The summed E-state index contributed by atoms with van der Waals surface area (Å²) in [6.07, 6.45) is 0. The number of carbonyl (C=O) groups excluding carboxylic acids is 1. The van der Waals surface area contributed by atoms with Crippen molar-refractivity contribution in [1.82, 2.24) is 14.3 Å². The molecule has 0 radical (unpaired) electrons. The highest BCUT2D eigenvalue weighted by molar-refractivity contribution is 7.71. The minimum absolute atomic E-state index is 0.0674. The predicted molar refractivity (Wildman–Crippen MR) is 99.6 cm³/mol. The second-order valence-corrected chi connectivity index (χ2v) is 6.16. The van der Waals surface area contributed by atoms with E-state index in [9.17, 15) is 9.18 Å². The van der Waals surface area contributed by atoms with Gasteiger partial charge < -0.3 is 10.5 Å². The normalized spacial score (nSPS) is 10.6. The molecule has 1 amide bonds. The number of methoxy groups -OCH3 is 1. The lowest BCUT2D eigenvalue weighted by Crippen LogP contribution is -2.34. The van der Waals surface area contributed by atoms with Gasteiger partial charge in [0.25, 0.3) is 5.91 Å².